The zero-order chi connectivity index (χ0) is 21.2. The molecule has 0 radical (unpaired) electrons. The second-order valence-corrected chi connectivity index (χ2v) is 8.18. The Balaban J connectivity index is 1.23. The molecule has 1 unspecified atom stereocenters. The standard InChI is InChI=1S/C23H27N5O3/c1-30-17-6-5-16-11-20(26-19(16)12-17)23(29)28-10-7-18(14-28)31-22-13-21(24-15-25-22)27-8-3-2-4-9-27/h5-6,11-13,15,18,26H,2-4,7-10,14H2,1H3. The lowest BCUT2D eigenvalue weighted by Gasteiger charge is -2.27. The van der Waals surface area contributed by atoms with Crippen molar-refractivity contribution in [2.24, 2.45) is 0 Å². The fourth-order valence-corrected chi connectivity index (χ4v) is 4.39. The van der Waals surface area contributed by atoms with Crippen molar-refractivity contribution in [3.8, 4) is 11.6 Å². The molecule has 1 atom stereocenters. The van der Waals surface area contributed by atoms with E-state index in [0.29, 0.717) is 24.7 Å². The number of amides is 1. The van der Waals surface area contributed by atoms with Gasteiger partial charge in [-0.1, -0.05) is 0 Å². The maximum absolute atomic E-state index is 13.0. The number of carbonyl (C=O) groups is 1. The molecule has 162 valence electrons. The highest BCUT2D eigenvalue weighted by molar-refractivity contribution is 5.98. The van der Waals surface area contributed by atoms with Gasteiger partial charge in [0.25, 0.3) is 5.91 Å². The summed E-state index contributed by atoms with van der Waals surface area (Å²) in [5.41, 5.74) is 1.47. The Hall–Kier alpha value is -3.29. The van der Waals surface area contributed by atoms with Crippen LogP contribution in [0.4, 0.5) is 5.82 Å². The summed E-state index contributed by atoms with van der Waals surface area (Å²) < 4.78 is 11.4. The van der Waals surface area contributed by atoms with Crippen molar-refractivity contribution >= 4 is 22.6 Å². The first-order valence-electron chi connectivity index (χ1n) is 10.9. The molecule has 2 aliphatic rings. The summed E-state index contributed by atoms with van der Waals surface area (Å²) in [6.07, 6.45) is 5.94. The first-order valence-corrected chi connectivity index (χ1v) is 10.9. The summed E-state index contributed by atoms with van der Waals surface area (Å²) in [7, 11) is 1.63. The molecular formula is C23H27N5O3. The van der Waals surface area contributed by atoms with Gasteiger partial charge < -0.3 is 24.3 Å². The molecule has 0 aliphatic carbocycles. The molecule has 1 N–H and O–H groups in total. The molecule has 1 amide bonds. The lowest BCUT2D eigenvalue weighted by Crippen LogP contribution is -2.31. The minimum Gasteiger partial charge on any atom is -0.497 e. The monoisotopic (exact) mass is 421 g/mol. The van der Waals surface area contributed by atoms with Crippen LogP contribution in [0.1, 0.15) is 36.2 Å². The maximum Gasteiger partial charge on any atom is 0.270 e. The van der Waals surface area contributed by atoms with Crippen molar-refractivity contribution in [2.75, 3.05) is 38.2 Å². The van der Waals surface area contributed by atoms with Crippen LogP contribution in [0.25, 0.3) is 10.9 Å². The number of rotatable bonds is 5. The highest BCUT2D eigenvalue weighted by Gasteiger charge is 2.29. The summed E-state index contributed by atoms with van der Waals surface area (Å²) in [5.74, 6) is 2.24. The van der Waals surface area contributed by atoms with Crippen LogP contribution in [0.5, 0.6) is 11.6 Å². The van der Waals surface area contributed by atoms with Gasteiger partial charge in [0.2, 0.25) is 5.88 Å². The number of likely N-dealkylation sites (tertiary alicyclic amines) is 1. The Kier molecular flexibility index (Phi) is 5.36. The molecule has 3 aromatic rings. The van der Waals surface area contributed by atoms with Gasteiger partial charge in [-0.2, -0.15) is 0 Å². The van der Waals surface area contributed by atoms with Crippen molar-refractivity contribution in [3.63, 3.8) is 0 Å². The van der Waals surface area contributed by atoms with E-state index in [1.807, 2.05) is 35.2 Å². The molecule has 31 heavy (non-hydrogen) atoms. The fourth-order valence-electron chi connectivity index (χ4n) is 4.39. The lowest BCUT2D eigenvalue weighted by molar-refractivity contribution is 0.0766. The SMILES string of the molecule is COc1ccc2cc(C(=O)N3CCC(Oc4cc(N5CCCCC5)ncn4)C3)[nH]c2c1. The van der Waals surface area contributed by atoms with Gasteiger partial charge in [0.1, 0.15) is 29.7 Å². The molecular weight excluding hydrogens is 394 g/mol. The number of aromatic amines is 1. The highest BCUT2D eigenvalue weighted by atomic mass is 16.5. The molecule has 2 aromatic heterocycles. The predicted molar refractivity (Wildman–Crippen MR) is 118 cm³/mol. The Morgan fingerprint density at radius 2 is 1.97 bits per heavy atom. The average molecular weight is 422 g/mol. The molecule has 0 bridgehead atoms. The Morgan fingerprint density at radius 3 is 2.81 bits per heavy atom. The molecule has 8 heteroatoms. The van der Waals surface area contributed by atoms with Crippen molar-refractivity contribution in [3.05, 3.63) is 42.4 Å². The van der Waals surface area contributed by atoms with Crippen LogP contribution in [0.2, 0.25) is 0 Å². The van der Waals surface area contributed by atoms with E-state index < -0.39 is 0 Å². The van der Waals surface area contributed by atoms with E-state index in [1.165, 1.54) is 19.3 Å². The van der Waals surface area contributed by atoms with Crippen molar-refractivity contribution in [1.29, 1.82) is 0 Å². The third kappa shape index (κ3) is 4.15. The van der Waals surface area contributed by atoms with E-state index in [9.17, 15) is 4.79 Å². The Labute approximate surface area is 181 Å². The number of nitrogens with one attached hydrogen (secondary N) is 1. The van der Waals surface area contributed by atoms with Gasteiger partial charge in [0, 0.05) is 49.1 Å². The molecule has 0 spiro atoms. The van der Waals surface area contributed by atoms with E-state index in [2.05, 4.69) is 19.9 Å². The summed E-state index contributed by atoms with van der Waals surface area (Å²) in [6.45, 7) is 3.25. The number of ether oxygens (including phenoxy) is 2. The maximum atomic E-state index is 13.0. The first kappa shape index (κ1) is 19.7. The molecule has 5 rings (SSSR count). The number of carbonyl (C=O) groups excluding carboxylic acids is 1. The van der Waals surface area contributed by atoms with E-state index >= 15 is 0 Å². The second kappa shape index (κ2) is 8.45. The van der Waals surface area contributed by atoms with Crippen molar-refractivity contribution in [2.45, 2.75) is 31.8 Å². The lowest BCUT2D eigenvalue weighted by atomic mass is 10.1. The van der Waals surface area contributed by atoms with Gasteiger partial charge in [-0.15, -0.1) is 0 Å². The molecule has 8 nitrogen and oxygen atoms in total. The fraction of sp³-hybridized carbons (Fsp3) is 0.435. The van der Waals surface area contributed by atoms with E-state index in [1.54, 1.807) is 13.4 Å². The van der Waals surface area contributed by atoms with E-state index in [-0.39, 0.29) is 12.0 Å². The third-order valence-electron chi connectivity index (χ3n) is 6.09. The van der Waals surface area contributed by atoms with Crippen LogP contribution >= 0.6 is 0 Å². The van der Waals surface area contributed by atoms with Crippen molar-refractivity contribution in [1.82, 2.24) is 19.9 Å². The number of nitrogens with zero attached hydrogens (tertiary/aromatic N) is 4. The van der Waals surface area contributed by atoms with Gasteiger partial charge in [-0.25, -0.2) is 9.97 Å². The minimum atomic E-state index is -0.0717. The summed E-state index contributed by atoms with van der Waals surface area (Å²) in [5, 5.41) is 0.988. The smallest absolute Gasteiger partial charge is 0.270 e. The molecule has 0 saturated carbocycles. The van der Waals surface area contributed by atoms with Crippen LogP contribution in [0.15, 0.2) is 36.7 Å². The largest absolute Gasteiger partial charge is 0.497 e. The third-order valence-corrected chi connectivity index (χ3v) is 6.09. The van der Waals surface area contributed by atoms with Crippen LogP contribution in [0.3, 0.4) is 0 Å². The van der Waals surface area contributed by atoms with Gasteiger partial charge in [-0.05, 0) is 37.5 Å². The molecule has 4 heterocycles. The Bertz CT molecular complexity index is 1080. The molecule has 2 aliphatic heterocycles. The zero-order valence-electron chi connectivity index (χ0n) is 17.7. The van der Waals surface area contributed by atoms with Crippen molar-refractivity contribution < 1.29 is 14.3 Å². The van der Waals surface area contributed by atoms with Crippen LogP contribution in [-0.4, -0.2) is 65.2 Å². The van der Waals surface area contributed by atoms with Gasteiger partial charge in [-0.3, -0.25) is 4.79 Å². The topological polar surface area (TPSA) is 83.6 Å². The average Bonchev–Trinajstić information content (AvgIpc) is 3.46. The summed E-state index contributed by atoms with van der Waals surface area (Å²) in [6, 6.07) is 9.55. The van der Waals surface area contributed by atoms with Gasteiger partial charge in [0.05, 0.1) is 13.7 Å². The summed E-state index contributed by atoms with van der Waals surface area (Å²) >= 11 is 0. The number of anilines is 1. The summed E-state index contributed by atoms with van der Waals surface area (Å²) in [4.78, 5) is 29.0. The number of hydrogen-bond acceptors (Lipinski definition) is 6. The molecule has 1 aromatic carbocycles. The highest BCUT2D eigenvalue weighted by Crippen LogP contribution is 2.25. The van der Waals surface area contributed by atoms with Crippen LogP contribution in [-0.2, 0) is 0 Å². The van der Waals surface area contributed by atoms with E-state index in [4.69, 9.17) is 9.47 Å². The number of benzene rings is 1. The zero-order valence-corrected chi connectivity index (χ0v) is 17.7. The first-order chi connectivity index (χ1) is 15.2. The normalized spacial score (nSPS) is 19.1. The van der Waals surface area contributed by atoms with Gasteiger partial charge >= 0.3 is 0 Å². The number of methoxy groups -OCH3 is 1. The number of aromatic nitrogens is 3. The Morgan fingerprint density at radius 1 is 1.10 bits per heavy atom. The molecule has 2 saturated heterocycles. The number of fused-ring (bicyclic) bond motifs is 1. The molecule has 2 fully saturated rings. The van der Waals surface area contributed by atoms with Crippen LogP contribution < -0.4 is 14.4 Å². The van der Waals surface area contributed by atoms with Gasteiger partial charge in [0.15, 0.2) is 0 Å². The number of hydrogen-bond donors (Lipinski definition) is 1. The number of piperidine rings is 1. The second-order valence-electron chi connectivity index (χ2n) is 8.18. The predicted octanol–water partition coefficient (Wildman–Crippen LogP) is 3.25. The minimum absolute atomic E-state index is 0.0158. The van der Waals surface area contributed by atoms with E-state index in [0.717, 1.165) is 42.0 Å². The quantitative estimate of drug-likeness (QED) is 0.681. The van der Waals surface area contributed by atoms with Crippen LogP contribution in [0, 0.1) is 0 Å². The number of H-pyrrole nitrogens is 1.